The van der Waals surface area contributed by atoms with Gasteiger partial charge in [0.25, 0.3) is 5.91 Å². The summed E-state index contributed by atoms with van der Waals surface area (Å²) in [6, 6.07) is 18.5. The lowest BCUT2D eigenvalue weighted by Gasteiger charge is -2.38. The molecule has 0 aliphatic carbocycles. The van der Waals surface area contributed by atoms with Crippen LogP contribution >= 0.6 is 0 Å². The molecule has 1 N–H and O–H groups in total. The zero-order valence-corrected chi connectivity index (χ0v) is 12.6. The molecule has 2 amide bonds. The normalized spacial score (nSPS) is 16.6. The average molecular weight is 310 g/mol. The van der Waals surface area contributed by atoms with Gasteiger partial charge in [0.1, 0.15) is 11.8 Å². The Morgan fingerprint density at radius 2 is 1.74 bits per heavy atom. The monoisotopic (exact) mass is 310 g/mol. The fraction of sp³-hybridized carbons (Fsp3) is 0.222. The minimum absolute atomic E-state index is 0.0538. The number of carbonyl (C=O) groups is 2. The number of β-lactam (4-membered cyclic amide) rings is 1. The molecule has 1 fully saturated rings. The lowest BCUT2D eigenvalue weighted by Crippen LogP contribution is -2.63. The molecule has 0 bridgehead atoms. The van der Waals surface area contributed by atoms with E-state index in [0.29, 0.717) is 18.8 Å². The molecule has 0 spiro atoms. The summed E-state index contributed by atoms with van der Waals surface area (Å²) >= 11 is 0. The van der Waals surface area contributed by atoms with Crippen LogP contribution in [0.25, 0.3) is 0 Å². The lowest BCUT2D eigenvalue weighted by molar-refractivity contribution is -0.147. The molecule has 5 heteroatoms. The van der Waals surface area contributed by atoms with Crippen molar-refractivity contribution in [3.8, 4) is 5.75 Å². The van der Waals surface area contributed by atoms with Crippen molar-refractivity contribution in [2.75, 3.05) is 13.2 Å². The molecular weight excluding hydrogens is 292 g/mol. The van der Waals surface area contributed by atoms with Crippen LogP contribution in [0, 0.1) is 0 Å². The summed E-state index contributed by atoms with van der Waals surface area (Å²) in [5.74, 6) is 0.293. The molecule has 1 heterocycles. The van der Waals surface area contributed by atoms with Gasteiger partial charge in [-0.2, -0.15) is 0 Å². The first-order valence-electron chi connectivity index (χ1n) is 7.52. The Hall–Kier alpha value is -2.82. The number of rotatable bonds is 6. The number of benzene rings is 2. The van der Waals surface area contributed by atoms with Gasteiger partial charge in [0.05, 0.1) is 6.54 Å². The van der Waals surface area contributed by atoms with Crippen molar-refractivity contribution in [1.29, 1.82) is 0 Å². The summed E-state index contributed by atoms with van der Waals surface area (Å²) in [6.45, 7) is 1.02. The topological polar surface area (TPSA) is 58.6 Å². The zero-order chi connectivity index (χ0) is 16.1. The summed E-state index contributed by atoms with van der Waals surface area (Å²) in [4.78, 5) is 25.6. The number of hydrogen-bond acceptors (Lipinski definition) is 3. The standard InChI is InChI=1S/C18H18N2O3/c21-17(13-23-15-9-5-2-6-10-15)19-16-12-20(18(16)22)11-14-7-3-1-4-8-14/h1-10,16H,11-13H2,(H,19,21)/t16-/m1/s1. The second-order valence-electron chi connectivity index (χ2n) is 5.43. The third-order valence-electron chi connectivity index (χ3n) is 3.68. The van der Waals surface area contributed by atoms with E-state index in [1.807, 2.05) is 48.5 Å². The molecule has 1 aliphatic heterocycles. The van der Waals surface area contributed by atoms with Crippen molar-refractivity contribution in [2.45, 2.75) is 12.6 Å². The van der Waals surface area contributed by atoms with Crippen LogP contribution in [0.5, 0.6) is 5.75 Å². The second-order valence-corrected chi connectivity index (χ2v) is 5.43. The Bertz CT molecular complexity index is 673. The number of nitrogens with zero attached hydrogens (tertiary/aromatic N) is 1. The van der Waals surface area contributed by atoms with E-state index in [4.69, 9.17) is 4.74 Å². The third-order valence-corrected chi connectivity index (χ3v) is 3.68. The van der Waals surface area contributed by atoms with Crippen molar-refractivity contribution in [1.82, 2.24) is 10.2 Å². The van der Waals surface area contributed by atoms with Crippen molar-refractivity contribution in [3.05, 3.63) is 66.2 Å². The van der Waals surface area contributed by atoms with Crippen LogP contribution in [0.2, 0.25) is 0 Å². The van der Waals surface area contributed by atoms with Crippen LogP contribution in [-0.2, 0) is 16.1 Å². The SMILES string of the molecule is O=C(COc1ccccc1)N[C@@H]1CN(Cc2ccccc2)C1=O. The molecule has 5 nitrogen and oxygen atoms in total. The van der Waals surface area contributed by atoms with E-state index in [9.17, 15) is 9.59 Å². The van der Waals surface area contributed by atoms with Crippen LogP contribution in [0.4, 0.5) is 0 Å². The van der Waals surface area contributed by atoms with Gasteiger partial charge >= 0.3 is 0 Å². The molecule has 0 aromatic heterocycles. The Morgan fingerprint density at radius 3 is 2.39 bits per heavy atom. The van der Waals surface area contributed by atoms with E-state index in [1.54, 1.807) is 17.0 Å². The second kappa shape index (κ2) is 6.96. The van der Waals surface area contributed by atoms with Gasteiger partial charge < -0.3 is 15.0 Å². The highest BCUT2D eigenvalue weighted by Gasteiger charge is 2.37. The molecule has 23 heavy (non-hydrogen) atoms. The molecule has 2 aromatic carbocycles. The van der Waals surface area contributed by atoms with E-state index in [2.05, 4.69) is 5.32 Å². The van der Waals surface area contributed by atoms with Gasteiger partial charge in [-0.3, -0.25) is 9.59 Å². The summed E-state index contributed by atoms with van der Waals surface area (Å²) in [6.07, 6.45) is 0. The number of likely N-dealkylation sites (tertiary alicyclic amines) is 1. The maximum absolute atomic E-state index is 12.0. The van der Waals surface area contributed by atoms with Gasteiger partial charge in [0.15, 0.2) is 6.61 Å². The summed E-state index contributed by atoms with van der Waals surface area (Å²) in [7, 11) is 0. The van der Waals surface area contributed by atoms with E-state index in [-0.39, 0.29) is 18.4 Å². The molecule has 0 unspecified atom stereocenters. The van der Waals surface area contributed by atoms with Crippen LogP contribution in [0.1, 0.15) is 5.56 Å². The average Bonchev–Trinajstić information content (AvgIpc) is 2.60. The van der Waals surface area contributed by atoms with Crippen LogP contribution in [0.3, 0.4) is 0 Å². The number of hydrogen-bond donors (Lipinski definition) is 1. The summed E-state index contributed by atoms with van der Waals surface area (Å²) in [5, 5.41) is 2.70. The van der Waals surface area contributed by atoms with Gasteiger partial charge in [-0.1, -0.05) is 48.5 Å². The third kappa shape index (κ3) is 3.88. The predicted octanol–water partition coefficient (Wildman–Crippen LogP) is 1.59. The number of carbonyl (C=O) groups excluding carboxylic acids is 2. The first kappa shape index (κ1) is 15.1. The first-order valence-corrected chi connectivity index (χ1v) is 7.52. The number of nitrogens with one attached hydrogen (secondary N) is 1. The molecule has 1 aliphatic rings. The van der Waals surface area contributed by atoms with E-state index >= 15 is 0 Å². The van der Waals surface area contributed by atoms with Crippen LogP contribution in [-0.4, -0.2) is 35.9 Å². The highest BCUT2D eigenvalue weighted by Crippen LogP contribution is 2.15. The largest absolute Gasteiger partial charge is 0.484 e. The fourth-order valence-electron chi connectivity index (χ4n) is 2.45. The summed E-state index contributed by atoms with van der Waals surface area (Å²) in [5.41, 5.74) is 1.08. The molecule has 1 saturated heterocycles. The van der Waals surface area contributed by atoms with Crippen molar-refractivity contribution in [2.24, 2.45) is 0 Å². The molecule has 118 valence electrons. The number of ether oxygens (including phenoxy) is 1. The van der Waals surface area contributed by atoms with Gasteiger partial charge in [-0.05, 0) is 17.7 Å². The minimum Gasteiger partial charge on any atom is -0.484 e. The van der Waals surface area contributed by atoms with Gasteiger partial charge in [-0.15, -0.1) is 0 Å². The van der Waals surface area contributed by atoms with Crippen LogP contribution in [0.15, 0.2) is 60.7 Å². The van der Waals surface area contributed by atoms with E-state index < -0.39 is 6.04 Å². The minimum atomic E-state index is -0.439. The molecule has 0 radical (unpaired) electrons. The number of para-hydroxylation sites is 1. The Kier molecular flexibility index (Phi) is 4.57. The summed E-state index contributed by atoms with van der Waals surface area (Å²) < 4.78 is 5.36. The molecule has 2 aromatic rings. The Balaban J connectivity index is 1.41. The Labute approximate surface area is 134 Å². The van der Waals surface area contributed by atoms with E-state index in [1.165, 1.54) is 0 Å². The maximum atomic E-state index is 12.0. The molecular formula is C18H18N2O3. The smallest absolute Gasteiger partial charge is 0.258 e. The predicted molar refractivity (Wildman–Crippen MR) is 85.7 cm³/mol. The zero-order valence-electron chi connectivity index (χ0n) is 12.6. The quantitative estimate of drug-likeness (QED) is 0.824. The van der Waals surface area contributed by atoms with Gasteiger partial charge in [-0.25, -0.2) is 0 Å². The first-order chi connectivity index (χ1) is 11.2. The molecule has 1 atom stereocenters. The lowest BCUT2D eigenvalue weighted by atomic mass is 10.1. The van der Waals surface area contributed by atoms with Crippen molar-refractivity contribution < 1.29 is 14.3 Å². The van der Waals surface area contributed by atoms with Crippen molar-refractivity contribution >= 4 is 11.8 Å². The van der Waals surface area contributed by atoms with Crippen LogP contribution < -0.4 is 10.1 Å². The maximum Gasteiger partial charge on any atom is 0.258 e. The fourth-order valence-corrected chi connectivity index (χ4v) is 2.45. The van der Waals surface area contributed by atoms with E-state index in [0.717, 1.165) is 5.56 Å². The Morgan fingerprint density at radius 1 is 1.09 bits per heavy atom. The molecule has 0 saturated carbocycles. The van der Waals surface area contributed by atoms with Crippen molar-refractivity contribution in [3.63, 3.8) is 0 Å². The highest BCUT2D eigenvalue weighted by atomic mass is 16.5. The number of amides is 2. The van der Waals surface area contributed by atoms with Gasteiger partial charge in [0, 0.05) is 6.54 Å². The van der Waals surface area contributed by atoms with Gasteiger partial charge in [0.2, 0.25) is 5.91 Å². The highest BCUT2D eigenvalue weighted by molar-refractivity contribution is 5.92. The molecule has 3 rings (SSSR count).